The lowest BCUT2D eigenvalue weighted by atomic mass is 9.79. The number of rotatable bonds is 0. The molecule has 0 bridgehead atoms. The highest BCUT2D eigenvalue weighted by atomic mass is 16.1. The van der Waals surface area contributed by atoms with Gasteiger partial charge in [-0.2, -0.15) is 0 Å². The summed E-state index contributed by atoms with van der Waals surface area (Å²) in [6.07, 6.45) is 6.61. The first-order chi connectivity index (χ1) is 8.18. The molecule has 3 rings (SSSR count). The van der Waals surface area contributed by atoms with Crippen LogP contribution >= 0.6 is 0 Å². The van der Waals surface area contributed by atoms with Crippen LogP contribution in [0.2, 0.25) is 0 Å². The molecule has 0 N–H and O–H groups in total. The first-order valence-corrected chi connectivity index (χ1v) is 5.43. The highest BCUT2D eigenvalue weighted by Gasteiger charge is 2.41. The molecule has 1 aliphatic heterocycles. The van der Waals surface area contributed by atoms with Crippen LogP contribution in [0, 0.1) is 12.8 Å². The van der Waals surface area contributed by atoms with Crippen molar-refractivity contribution in [1.29, 1.82) is 0 Å². The Balaban J connectivity index is 2.21. The number of carbonyl (C=O) groups excluding carboxylic acids is 2. The number of dihydropyridines is 1. The summed E-state index contributed by atoms with van der Waals surface area (Å²) in [4.78, 5) is 32.6. The normalized spacial score (nSPS) is 25.7. The summed E-state index contributed by atoms with van der Waals surface area (Å²) in [6, 6.07) is 1.12. The number of Topliss-reactive ketones (excluding diaryl/α,β-unsaturated/α-hetero) is 2. The van der Waals surface area contributed by atoms with Crippen LogP contribution in [0.1, 0.15) is 26.4 Å². The molecule has 2 unspecified atom stereocenters. The molecule has 0 radical (unpaired) electrons. The third kappa shape index (κ3) is 1.37. The number of ketones is 2. The van der Waals surface area contributed by atoms with Crippen molar-refractivity contribution in [2.24, 2.45) is 10.9 Å². The van der Waals surface area contributed by atoms with Gasteiger partial charge < -0.3 is 0 Å². The molecular weight excluding hydrogens is 216 g/mol. The van der Waals surface area contributed by atoms with Gasteiger partial charge in [-0.1, -0.05) is 6.08 Å². The highest BCUT2D eigenvalue weighted by molar-refractivity contribution is 6.18. The number of pyridine rings is 1. The second-order valence-electron chi connectivity index (χ2n) is 4.29. The smallest absolute Gasteiger partial charge is 0.191 e. The lowest BCUT2D eigenvalue weighted by Gasteiger charge is -2.26. The van der Waals surface area contributed by atoms with Gasteiger partial charge >= 0.3 is 0 Å². The topological polar surface area (TPSA) is 59.4 Å². The van der Waals surface area contributed by atoms with Crippen molar-refractivity contribution in [1.82, 2.24) is 4.98 Å². The fourth-order valence-corrected chi connectivity index (χ4v) is 2.24. The third-order valence-corrected chi connectivity index (χ3v) is 3.09. The minimum Gasteiger partial charge on any atom is -0.292 e. The summed E-state index contributed by atoms with van der Waals surface area (Å²) in [7, 11) is 0. The maximum atomic E-state index is 12.2. The number of hydrogen-bond donors (Lipinski definition) is 0. The van der Waals surface area contributed by atoms with Crippen LogP contribution in [-0.2, 0) is 0 Å². The van der Waals surface area contributed by atoms with E-state index in [2.05, 4.69) is 9.98 Å². The van der Waals surface area contributed by atoms with Crippen molar-refractivity contribution >= 4 is 17.8 Å². The molecular formula is C13H10N2O2. The Bertz CT molecular complexity index is 587. The average molecular weight is 226 g/mol. The van der Waals surface area contributed by atoms with Gasteiger partial charge in [0.25, 0.3) is 0 Å². The van der Waals surface area contributed by atoms with Crippen LogP contribution in [0.15, 0.2) is 29.4 Å². The molecule has 0 saturated carbocycles. The average Bonchev–Trinajstić information content (AvgIpc) is 2.36. The van der Waals surface area contributed by atoms with Crippen molar-refractivity contribution < 1.29 is 9.59 Å². The minimum absolute atomic E-state index is 0.110. The summed E-state index contributed by atoms with van der Waals surface area (Å²) >= 11 is 0. The van der Waals surface area contributed by atoms with Crippen LogP contribution in [0.5, 0.6) is 0 Å². The number of carbonyl (C=O) groups is 2. The zero-order chi connectivity index (χ0) is 12.0. The van der Waals surface area contributed by atoms with Gasteiger partial charge in [-0.25, -0.2) is 0 Å². The van der Waals surface area contributed by atoms with Crippen molar-refractivity contribution in [2.75, 3.05) is 0 Å². The predicted octanol–water partition coefficient (Wildman–Crippen LogP) is 1.39. The SMILES string of the molecule is Cc1cnc2c(c1)C(=O)C1N=CC=CC1C2=O. The summed E-state index contributed by atoms with van der Waals surface area (Å²) < 4.78 is 0. The van der Waals surface area contributed by atoms with Gasteiger partial charge in [0.15, 0.2) is 11.6 Å². The van der Waals surface area contributed by atoms with Crippen LogP contribution in [-0.4, -0.2) is 28.8 Å². The molecule has 0 saturated heterocycles. The zero-order valence-electron chi connectivity index (χ0n) is 9.25. The fourth-order valence-electron chi connectivity index (χ4n) is 2.24. The molecule has 0 fully saturated rings. The maximum absolute atomic E-state index is 12.2. The summed E-state index contributed by atoms with van der Waals surface area (Å²) in [6.45, 7) is 1.85. The molecule has 17 heavy (non-hydrogen) atoms. The number of fused-ring (bicyclic) bond motifs is 2. The Kier molecular flexibility index (Phi) is 2.04. The molecule has 2 heterocycles. The predicted molar refractivity (Wildman–Crippen MR) is 62.5 cm³/mol. The van der Waals surface area contributed by atoms with Crippen LogP contribution in [0.25, 0.3) is 0 Å². The molecule has 1 aromatic heterocycles. The van der Waals surface area contributed by atoms with E-state index in [4.69, 9.17) is 0 Å². The van der Waals surface area contributed by atoms with Gasteiger partial charge in [0.2, 0.25) is 0 Å². The first-order valence-electron chi connectivity index (χ1n) is 5.43. The molecule has 0 aromatic carbocycles. The van der Waals surface area contributed by atoms with Crippen molar-refractivity contribution in [3.05, 3.63) is 41.2 Å². The summed E-state index contributed by atoms with van der Waals surface area (Å²) in [5.74, 6) is -0.700. The van der Waals surface area contributed by atoms with E-state index in [1.807, 2.05) is 6.92 Å². The van der Waals surface area contributed by atoms with Crippen LogP contribution in [0.3, 0.4) is 0 Å². The van der Waals surface area contributed by atoms with E-state index in [9.17, 15) is 9.59 Å². The molecule has 0 amide bonds. The second-order valence-corrected chi connectivity index (χ2v) is 4.29. The second kappa shape index (κ2) is 3.45. The monoisotopic (exact) mass is 226 g/mol. The summed E-state index contributed by atoms with van der Waals surface area (Å²) in [5.41, 5.74) is 1.56. The number of aromatic nitrogens is 1. The van der Waals surface area contributed by atoms with Gasteiger partial charge in [-0.05, 0) is 24.6 Å². The Labute approximate surface area is 98.1 Å². The third-order valence-electron chi connectivity index (χ3n) is 3.09. The maximum Gasteiger partial charge on any atom is 0.191 e. The van der Waals surface area contributed by atoms with Gasteiger partial charge in [-0.3, -0.25) is 19.6 Å². The van der Waals surface area contributed by atoms with Crippen LogP contribution in [0.4, 0.5) is 0 Å². The van der Waals surface area contributed by atoms with Gasteiger partial charge in [0.05, 0.1) is 5.92 Å². The Hall–Kier alpha value is -2.10. The molecule has 4 nitrogen and oxygen atoms in total. The lowest BCUT2D eigenvalue weighted by molar-refractivity contribution is 0.0820. The van der Waals surface area contributed by atoms with Crippen molar-refractivity contribution in [3.63, 3.8) is 0 Å². The molecule has 84 valence electrons. The van der Waals surface area contributed by atoms with Gasteiger partial charge in [0.1, 0.15) is 11.7 Å². The van der Waals surface area contributed by atoms with Gasteiger partial charge in [0, 0.05) is 18.0 Å². The standard InChI is InChI=1S/C13H10N2O2/c1-7-5-9-11(15-6-7)12(16)8-3-2-4-14-10(8)13(9)17/h2-6,8,10H,1H3. The van der Waals surface area contributed by atoms with E-state index < -0.39 is 12.0 Å². The number of nitrogens with zero attached hydrogens (tertiary/aromatic N) is 2. The number of aryl methyl sites for hydroxylation is 1. The largest absolute Gasteiger partial charge is 0.292 e. The molecule has 1 aromatic rings. The van der Waals surface area contributed by atoms with E-state index in [-0.39, 0.29) is 17.3 Å². The highest BCUT2D eigenvalue weighted by Crippen LogP contribution is 2.29. The number of aliphatic imine (C=N–C) groups is 1. The van der Waals surface area contributed by atoms with Crippen molar-refractivity contribution in [2.45, 2.75) is 13.0 Å². The zero-order valence-corrected chi connectivity index (χ0v) is 9.25. The van der Waals surface area contributed by atoms with E-state index in [1.165, 1.54) is 0 Å². The van der Waals surface area contributed by atoms with Crippen LogP contribution < -0.4 is 0 Å². The fraction of sp³-hybridized carbons (Fsp3) is 0.231. The van der Waals surface area contributed by atoms with E-state index >= 15 is 0 Å². The Morgan fingerprint density at radius 1 is 1.24 bits per heavy atom. The number of allylic oxidation sites excluding steroid dienone is 1. The lowest BCUT2D eigenvalue weighted by Crippen LogP contribution is -2.40. The molecule has 1 aliphatic carbocycles. The molecule has 0 spiro atoms. The Morgan fingerprint density at radius 3 is 2.88 bits per heavy atom. The first kappa shape index (κ1) is 10.1. The van der Waals surface area contributed by atoms with Gasteiger partial charge in [-0.15, -0.1) is 0 Å². The summed E-state index contributed by atoms with van der Waals surface area (Å²) in [5, 5.41) is 0. The van der Waals surface area contributed by atoms with Crippen molar-refractivity contribution in [3.8, 4) is 0 Å². The van der Waals surface area contributed by atoms with E-state index in [1.54, 1.807) is 30.6 Å². The minimum atomic E-state index is -0.594. The molecule has 2 atom stereocenters. The molecule has 2 aliphatic rings. The van der Waals surface area contributed by atoms with E-state index in [0.29, 0.717) is 5.56 Å². The molecule has 4 heteroatoms. The quantitative estimate of drug-likeness (QED) is 0.671. The van der Waals surface area contributed by atoms with E-state index in [0.717, 1.165) is 5.56 Å². The Morgan fingerprint density at radius 2 is 2.06 bits per heavy atom. The number of hydrogen-bond acceptors (Lipinski definition) is 4.